The van der Waals surface area contributed by atoms with E-state index in [-0.39, 0.29) is 34.3 Å². The van der Waals surface area contributed by atoms with Gasteiger partial charge in [0.05, 0.1) is 6.54 Å². The van der Waals surface area contributed by atoms with Gasteiger partial charge in [0.25, 0.3) is 15.6 Å². The number of rotatable bonds is 7. The van der Waals surface area contributed by atoms with Gasteiger partial charge in [-0.2, -0.15) is 5.10 Å². The van der Waals surface area contributed by atoms with Crippen molar-refractivity contribution in [1.29, 1.82) is 0 Å². The molecule has 0 unspecified atom stereocenters. The largest absolute Gasteiger partial charge is 0.332 e. The number of nitrogens with zero attached hydrogens (tertiary/aromatic N) is 6. The Balaban J connectivity index is 1.87. The van der Waals surface area contributed by atoms with E-state index >= 15 is 0 Å². The Bertz CT molecular complexity index is 1920. The second-order valence-corrected chi connectivity index (χ2v) is 11.5. The summed E-state index contributed by atoms with van der Waals surface area (Å²) < 4.78 is 33.1. The van der Waals surface area contributed by atoms with Gasteiger partial charge in [-0.15, -0.1) is 0 Å². The lowest BCUT2D eigenvalue weighted by Gasteiger charge is -2.11. The Morgan fingerprint density at radius 3 is 2.45 bits per heavy atom. The van der Waals surface area contributed by atoms with E-state index < -0.39 is 21.3 Å². The Morgan fingerprint density at radius 2 is 1.74 bits per heavy atom. The first kappa shape index (κ1) is 25.6. The smallest absolute Gasteiger partial charge is 0.331 e. The fourth-order valence-corrected chi connectivity index (χ4v) is 5.43. The third-order valence-electron chi connectivity index (χ3n) is 6.58. The summed E-state index contributed by atoms with van der Waals surface area (Å²) in [7, 11) is 0.558. The molecule has 5 aromatic rings. The number of sulfonamides is 1. The van der Waals surface area contributed by atoms with Crippen molar-refractivity contribution in [3.05, 3.63) is 75.1 Å². The van der Waals surface area contributed by atoms with E-state index in [0.717, 1.165) is 20.9 Å². The molecule has 5 rings (SSSR count). The predicted molar refractivity (Wildman–Crippen MR) is 146 cm³/mol. The van der Waals surface area contributed by atoms with Crippen LogP contribution in [0.2, 0.25) is 0 Å². The van der Waals surface area contributed by atoms with E-state index in [4.69, 9.17) is 5.10 Å². The Morgan fingerprint density at radius 1 is 1.03 bits per heavy atom. The van der Waals surface area contributed by atoms with Crippen molar-refractivity contribution in [2.45, 2.75) is 32.0 Å². The van der Waals surface area contributed by atoms with Crippen LogP contribution in [0.4, 0.5) is 0 Å². The second-order valence-electron chi connectivity index (χ2n) is 9.72. The third-order valence-corrected chi connectivity index (χ3v) is 7.87. The highest BCUT2D eigenvalue weighted by atomic mass is 32.2. The van der Waals surface area contributed by atoms with E-state index in [0.29, 0.717) is 12.2 Å². The molecule has 11 nitrogen and oxygen atoms in total. The SMILES string of the molecule is CNS(=O)(=O)c1cn(C)c(-c2c3c(=O)n(C)c(=O)n(CC(C)C)c3nn2Cc2cccc3ccccc23)n1. The first-order valence-electron chi connectivity index (χ1n) is 12.2. The summed E-state index contributed by atoms with van der Waals surface area (Å²) in [5.74, 6) is 0.356. The Labute approximate surface area is 219 Å². The Kier molecular flexibility index (Phi) is 6.32. The first-order valence-corrected chi connectivity index (χ1v) is 13.7. The van der Waals surface area contributed by atoms with Crippen molar-refractivity contribution < 1.29 is 8.42 Å². The maximum absolute atomic E-state index is 13.6. The quantitative estimate of drug-likeness (QED) is 0.340. The summed E-state index contributed by atoms with van der Waals surface area (Å²) in [5.41, 5.74) is 0.541. The van der Waals surface area contributed by atoms with Gasteiger partial charge in [0.1, 0.15) is 11.1 Å². The number of benzene rings is 2. The summed E-state index contributed by atoms with van der Waals surface area (Å²) in [6, 6.07) is 13.9. The number of imidazole rings is 1. The number of fused-ring (bicyclic) bond motifs is 2. The molecular weight excluding hydrogens is 506 g/mol. The van der Waals surface area contributed by atoms with Crippen LogP contribution < -0.4 is 16.0 Å². The monoisotopic (exact) mass is 535 g/mol. The topological polar surface area (TPSA) is 126 Å². The van der Waals surface area contributed by atoms with Crippen LogP contribution in [0.1, 0.15) is 19.4 Å². The molecule has 0 aliphatic heterocycles. The number of hydrogen-bond donors (Lipinski definition) is 1. The zero-order valence-corrected chi connectivity index (χ0v) is 22.7. The summed E-state index contributed by atoms with van der Waals surface area (Å²) in [4.78, 5) is 31.1. The molecule has 0 atom stereocenters. The maximum Gasteiger partial charge on any atom is 0.332 e. The highest BCUT2D eigenvalue weighted by molar-refractivity contribution is 7.89. The molecule has 0 spiro atoms. The van der Waals surface area contributed by atoms with Crippen molar-refractivity contribution in [2.24, 2.45) is 20.0 Å². The molecule has 0 saturated carbocycles. The van der Waals surface area contributed by atoms with Crippen molar-refractivity contribution in [3.63, 3.8) is 0 Å². The molecule has 2 aromatic carbocycles. The maximum atomic E-state index is 13.6. The molecular formula is C26H29N7O4S. The van der Waals surface area contributed by atoms with Crippen molar-refractivity contribution in [2.75, 3.05) is 7.05 Å². The molecule has 0 bridgehead atoms. The predicted octanol–water partition coefficient (Wildman–Crippen LogP) is 2.06. The van der Waals surface area contributed by atoms with Gasteiger partial charge in [-0.25, -0.2) is 22.9 Å². The van der Waals surface area contributed by atoms with Crippen molar-refractivity contribution >= 4 is 31.8 Å². The van der Waals surface area contributed by atoms with E-state index in [1.807, 2.05) is 56.3 Å². The van der Waals surface area contributed by atoms with Gasteiger partial charge in [0, 0.05) is 26.8 Å². The molecule has 3 heterocycles. The molecule has 0 radical (unpaired) electrons. The molecule has 3 aromatic heterocycles. The fraction of sp³-hybridized carbons (Fsp3) is 0.308. The molecule has 0 fully saturated rings. The number of aromatic nitrogens is 6. The molecule has 38 heavy (non-hydrogen) atoms. The molecule has 1 N–H and O–H groups in total. The molecule has 0 saturated heterocycles. The van der Waals surface area contributed by atoms with Crippen LogP contribution in [-0.4, -0.2) is 43.9 Å². The van der Waals surface area contributed by atoms with Crippen molar-refractivity contribution in [1.82, 2.24) is 33.2 Å². The summed E-state index contributed by atoms with van der Waals surface area (Å²) in [6.07, 6.45) is 1.39. The van der Waals surface area contributed by atoms with E-state index in [1.54, 1.807) is 16.3 Å². The average Bonchev–Trinajstić information content (AvgIpc) is 3.46. The van der Waals surface area contributed by atoms with E-state index in [2.05, 4.69) is 9.71 Å². The van der Waals surface area contributed by atoms with Gasteiger partial charge in [-0.05, 0) is 29.3 Å². The first-order chi connectivity index (χ1) is 18.0. The highest BCUT2D eigenvalue weighted by Gasteiger charge is 2.27. The van der Waals surface area contributed by atoms with Gasteiger partial charge in [0.2, 0.25) is 0 Å². The summed E-state index contributed by atoms with van der Waals surface area (Å²) in [6.45, 7) is 4.58. The zero-order valence-electron chi connectivity index (χ0n) is 21.8. The lowest BCUT2D eigenvalue weighted by molar-refractivity contribution is 0.498. The minimum absolute atomic E-state index is 0.112. The van der Waals surface area contributed by atoms with Crippen LogP contribution in [0.5, 0.6) is 0 Å². The highest BCUT2D eigenvalue weighted by Crippen LogP contribution is 2.29. The van der Waals surface area contributed by atoms with E-state index in [1.165, 1.54) is 24.9 Å². The van der Waals surface area contributed by atoms with Gasteiger partial charge in [-0.1, -0.05) is 56.3 Å². The standard InChI is InChI=1S/C26H29N7O4S/c1-16(2)13-32-23-21(25(34)31(5)26(32)35)22(24-28-20(15-30(24)4)38(36,37)27-3)33(29-23)14-18-11-8-10-17-9-6-7-12-19(17)18/h6-12,15-16,27H,13-14H2,1-5H3. The van der Waals surface area contributed by atoms with Crippen LogP contribution in [-0.2, 0) is 37.2 Å². The molecule has 12 heteroatoms. The summed E-state index contributed by atoms with van der Waals surface area (Å²) >= 11 is 0. The van der Waals surface area contributed by atoms with Crippen molar-refractivity contribution in [3.8, 4) is 11.5 Å². The molecule has 198 valence electrons. The fourth-order valence-electron chi connectivity index (χ4n) is 4.72. The van der Waals surface area contributed by atoms with E-state index in [9.17, 15) is 18.0 Å². The summed E-state index contributed by atoms with van der Waals surface area (Å²) in [5, 5.41) is 6.88. The van der Waals surface area contributed by atoms with Gasteiger partial charge in [-0.3, -0.25) is 18.6 Å². The van der Waals surface area contributed by atoms with Crippen LogP contribution in [0.3, 0.4) is 0 Å². The lowest BCUT2D eigenvalue weighted by atomic mass is 10.0. The minimum atomic E-state index is -3.84. The van der Waals surface area contributed by atoms with Crippen LogP contribution >= 0.6 is 0 Å². The second kappa shape index (κ2) is 9.37. The minimum Gasteiger partial charge on any atom is -0.331 e. The molecule has 0 amide bonds. The van der Waals surface area contributed by atoms with Gasteiger partial charge < -0.3 is 4.57 Å². The average molecular weight is 536 g/mol. The third kappa shape index (κ3) is 4.15. The lowest BCUT2D eigenvalue weighted by Crippen LogP contribution is -2.38. The Hall–Kier alpha value is -4.03. The van der Waals surface area contributed by atoms with Gasteiger partial charge in [0.15, 0.2) is 16.5 Å². The number of aryl methyl sites for hydroxylation is 1. The number of nitrogens with one attached hydrogen (secondary N) is 1. The molecule has 0 aliphatic carbocycles. The normalized spacial score (nSPS) is 12.3. The molecule has 0 aliphatic rings. The number of hydrogen-bond acceptors (Lipinski definition) is 6. The van der Waals surface area contributed by atoms with Crippen LogP contribution in [0.25, 0.3) is 33.3 Å². The van der Waals surface area contributed by atoms with Crippen LogP contribution in [0.15, 0.2) is 63.3 Å². The van der Waals surface area contributed by atoms with Gasteiger partial charge >= 0.3 is 5.69 Å². The van der Waals surface area contributed by atoms with Crippen LogP contribution in [0, 0.1) is 5.92 Å². The zero-order chi connectivity index (χ0) is 27.4.